The highest BCUT2D eigenvalue weighted by molar-refractivity contribution is 7.89. The Bertz CT molecular complexity index is 1300. The maximum absolute atomic E-state index is 13.3. The van der Waals surface area contributed by atoms with Crippen LogP contribution >= 0.6 is 11.6 Å². The first kappa shape index (κ1) is 26.4. The molecule has 1 amide bonds. The van der Waals surface area contributed by atoms with Crippen molar-refractivity contribution in [1.29, 1.82) is 0 Å². The van der Waals surface area contributed by atoms with E-state index in [4.69, 9.17) is 16.3 Å². The highest BCUT2D eigenvalue weighted by atomic mass is 35.5. The molecule has 1 unspecified atom stereocenters. The number of hydrogen-bond donors (Lipinski definition) is 1. The maximum atomic E-state index is 13.3. The first-order valence-corrected chi connectivity index (χ1v) is 13.8. The van der Waals surface area contributed by atoms with E-state index in [9.17, 15) is 21.6 Å². The Morgan fingerprint density at radius 1 is 1.15 bits per heavy atom. The summed E-state index contributed by atoms with van der Waals surface area (Å²) in [6.07, 6.45) is 0.994. The standard InChI is InChI=1S/C22H28ClN3O6S2/c1-15-7-9-18(33(28,29)25(2)3)13-19(15)24-22(27)16-6-5-11-26(14-16)34(30,31)21-12-17(23)8-10-20(21)32-4/h7-10,12-13,16H,5-6,11,14H2,1-4H3,(H,24,27). The molecule has 34 heavy (non-hydrogen) atoms. The lowest BCUT2D eigenvalue weighted by atomic mass is 9.98. The summed E-state index contributed by atoms with van der Waals surface area (Å²) < 4.78 is 59.1. The van der Waals surface area contributed by atoms with E-state index in [0.29, 0.717) is 24.1 Å². The smallest absolute Gasteiger partial charge is 0.246 e. The monoisotopic (exact) mass is 529 g/mol. The van der Waals surface area contributed by atoms with E-state index < -0.39 is 26.0 Å². The van der Waals surface area contributed by atoms with Gasteiger partial charge >= 0.3 is 0 Å². The number of ether oxygens (including phenoxy) is 1. The molecule has 12 heteroatoms. The summed E-state index contributed by atoms with van der Waals surface area (Å²) in [5.41, 5.74) is 1.06. The van der Waals surface area contributed by atoms with Gasteiger partial charge in [0.2, 0.25) is 26.0 Å². The third-order valence-corrected chi connectivity index (χ3v) is 9.68. The van der Waals surface area contributed by atoms with Crippen molar-refractivity contribution in [2.45, 2.75) is 29.6 Å². The normalized spacial score (nSPS) is 17.5. The fraction of sp³-hybridized carbons (Fsp3) is 0.409. The fourth-order valence-corrected chi connectivity index (χ4v) is 6.58. The number of halogens is 1. The predicted octanol–water partition coefficient (Wildman–Crippen LogP) is 2.95. The van der Waals surface area contributed by atoms with Gasteiger partial charge in [0.1, 0.15) is 10.6 Å². The van der Waals surface area contributed by atoms with Crippen molar-refractivity contribution in [2.24, 2.45) is 5.92 Å². The number of nitrogens with one attached hydrogen (secondary N) is 1. The van der Waals surface area contributed by atoms with Gasteiger partial charge in [-0.2, -0.15) is 4.31 Å². The molecule has 2 aromatic rings. The highest BCUT2D eigenvalue weighted by Gasteiger charge is 2.35. The van der Waals surface area contributed by atoms with E-state index in [2.05, 4.69) is 5.32 Å². The van der Waals surface area contributed by atoms with Crippen molar-refractivity contribution in [1.82, 2.24) is 8.61 Å². The molecule has 1 aliphatic heterocycles. The van der Waals surface area contributed by atoms with Gasteiger partial charge in [-0.05, 0) is 55.7 Å². The van der Waals surface area contributed by atoms with Gasteiger partial charge in [0.15, 0.2) is 0 Å². The minimum atomic E-state index is -3.95. The number of aryl methyl sites for hydroxylation is 1. The van der Waals surface area contributed by atoms with Crippen LogP contribution in [0.4, 0.5) is 5.69 Å². The summed E-state index contributed by atoms with van der Waals surface area (Å²) >= 11 is 6.02. The molecule has 1 fully saturated rings. The maximum Gasteiger partial charge on any atom is 0.246 e. The number of piperidine rings is 1. The van der Waals surface area contributed by atoms with Gasteiger partial charge < -0.3 is 10.1 Å². The highest BCUT2D eigenvalue weighted by Crippen LogP contribution is 2.32. The summed E-state index contributed by atoms with van der Waals surface area (Å²) in [5, 5.41) is 3.04. The molecule has 186 valence electrons. The summed E-state index contributed by atoms with van der Waals surface area (Å²) in [6, 6.07) is 8.87. The quantitative estimate of drug-likeness (QED) is 0.590. The number of amides is 1. The minimum absolute atomic E-state index is 0.0153. The summed E-state index contributed by atoms with van der Waals surface area (Å²) in [7, 11) is -3.39. The molecule has 0 bridgehead atoms. The van der Waals surface area contributed by atoms with E-state index in [1.165, 1.54) is 49.8 Å². The van der Waals surface area contributed by atoms with Crippen molar-refractivity contribution < 1.29 is 26.4 Å². The number of rotatable bonds is 7. The first-order chi connectivity index (χ1) is 15.9. The van der Waals surface area contributed by atoms with E-state index in [-0.39, 0.29) is 39.6 Å². The molecule has 0 radical (unpaired) electrons. The average Bonchev–Trinajstić information content (AvgIpc) is 2.80. The van der Waals surface area contributed by atoms with Gasteiger partial charge in [-0.15, -0.1) is 0 Å². The third kappa shape index (κ3) is 5.38. The van der Waals surface area contributed by atoms with E-state index in [1.807, 2.05) is 0 Å². The van der Waals surface area contributed by atoms with E-state index in [0.717, 1.165) is 4.31 Å². The molecule has 1 heterocycles. The lowest BCUT2D eigenvalue weighted by Crippen LogP contribution is -2.43. The minimum Gasteiger partial charge on any atom is -0.495 e. The number of anilines is 1. The van der Waals surface area contributed by atoms with E-state index >= 15 is 0 Å². The van der Waals surface area contributed by atoms with Crippen molar-refractivity contribution >= 4 is 43.2 Å². The van der Waals surface area contributed by atoms with Crippen molar-refractivity contribution in [3.63, 3.8) is 0 Å². The summed E-state index contributed by atoms with van der Waals surface area (Å²) in [4.78, 5) is 13.1. The molecule has 0 aliphatic carbocycles. The van der Waals surface area contributed by atoms with E-state index in [1.54, 1.807) is 19.1 Å². The Morgan fingerprint density at radius 3 is 2.50 bits per heavy atom. The molecule has 3 rings (SSSR count). The molecule has 9 nitrogen and oxygen atoms in total. The number of methoxy groups -OCH3 is 1. The van der Waals surface area contributed by atoms with Crippen molar-refractivity contribution in [2.75, 3.05) is 39.6 Å². The van der Waals surface area contributed by atoms with Crippen LogP contribution in [0, 0.1) is 12.8 Å². The number of hydrogen-bond acceptors (Lipinski definition) is 6. The molecule has 0 spiro atoms. The van der Waals surface area contributed by atoms with Crippen LogP contribution < -0.4 is 10.1 Å². The molecular formula is C22H28ClN3O6S2. The second-order valence-corrected chi connectivity index (χ2v) is 12.7. The molecule has 1 saturated heterocycles. The van der Waals surface area contributed by atoms with Crippen LogP contribution in [0.1, 0.15) is 18.4 Å². The van der Waals surface area contributed by atoms with Crippen LogP contribution in [0.25, 0.3) is 0 Å². The zero-order valence-corrected chi connectivity index (χ0v) is 21.8. The van der Waals surface area contributed by atoms with Gasteiger partial charge in [-0.1, -0.05) is 17.7 Å². The summed E-state index contributed by atoms with van der Waals surface area (Å²) in [6.45, 7) is 2.00. The van der Waals surface area contributed by atoms with Crippen LogP contribution in [0.2, 0.25) is 5.02 Å². The van der Waals surface area contributed by atoms with Gasteiger partial charge in [0, 0.05) is 37.9 Å². The lowest BCUT2D eigenvalue weighted by Gasteiger charge is -2.31. The van der Waals surface area contributed by atoms with Crippen LogP contribution in [-0.4, -0.2) is 65.6 Å². The Balaban J connectivity index is 1.83. The first-order valence-electron chi connectivity index (χ1n) is 10.6. The molecule has 1 atom stereocenters. The largest absolute Gasteiger partial charge is 0.495 e. The van der Waals surface area contributed by atoms with Crippen molar-refractivity contribution in [3.05, 3.63) is 47.0 Å². The zero-order chi connectivity index (χ0) is 25.3. The van der Waals surface area contributed by atoms with Crippen LogP contribution in [-0.2, 0) is 24.8 Å². The number of carbonyl (C=O) groups is 1. The van der Waals surface area contributed by atoms with Crippen molar-refractivity contribution in [3.8, 4) is 5.75 Å². The number of nitrogens with zero attached hydrogens (tertiary/aromatic N) is 2. The third-order valence-electron chi connectivity index (χ3n) is 5.74. The Hall–Kier alpha value is -2.18. The second-order valence-electron chi connectivity index (χ2n) is 8.25. The lowest BCUT2D eigenvalue weighted by molar-refractivity contribution is -0.120. The molecule has 1 aliphatic rings. The number of carbonyl (C=O) groups excluding carboxylic acids is 1. The van der Waals surface area contributed by atoms with Gasteiger partial charge in [0.05, 0.1) is 17.9 Å². The van der Waals surface area contributed by atoms with Gasteiger partial charge in [0.25, 0.3) is 0 Å². The summed E-state index contributed by atoms with van der Waals surface area (Å²) in [5.74, 6) is -0.812. The zero-order valence-electron chi connectivity index (χ0n) is 19.4. The predicted molar refractivity (Wildman–Crippen MR) is 130 cm³/mol. The molecule has 0 aromatic heterocycles. The Morgan fingerprint density at radius 2 is 1.85 bits per heavy atom. The fourth-order valence-electron chi connectivity index (χ4n) is 3.71. The molecular weight excluding hydrogens is 502 g/mol. The number of benzene rings is 2. The Kier molecular flexibility index (Phi) is 7.93. The topological polar surface area (TPSA) is 113 Å². The molecule has 2 aromatic carbocycles. The second kappa shape index (κ2) is 10.2. The van der Waals surface area contributed by atoms with Gasteiger partial charge in [-0.25, -0.2) is 21.1 Å². The average molecular weight is 530 g/mol. The molecule has 0 saturated carbocycles. The number of sulfonamides is 2. The van der Waals surface area contributed by atoms with Crippen LogP contribution in [0.15, 0.2) is 46.2 Å². The Labute approximate surface area is 205 Å². The molecule has 1 N–H and O–H groups in total. The van der Waals surface area contributed by atoms with Crippen LogP contribution in [0.5, 0.6) is 5.75 Å². The SMILES string of the molecule is COc1ccc(Cl)cc1S(=O)(=O)N1CCCC(C(=O)Nc2cc(S(=O)(=O)N(C)C)ccc2C)C1. The van der Waals surface area contributed by atoms with Crippen LogP contribution in [0.3, 0.4) is 0 Å². The van der Waals surface area contributed by atoms with Gasteiger partial charge in [-0.3, -0.25) is 4.79 Å².